The molecule has 1 aromatic rings. The first-order valence-electron chi connectivity index (χ1n) is 5.08. The Kier molecular flexibility index (Phi) is 5.08. The molecule has 0 unspecified atom stereocenters. The molecule has 4 nitrogen and oxygen atoms in total. The van der Waals surface area contributed by atoms with E-state index in [0.29, 0.717) is 23.7 Å². The van der Waals surface area contributed by atoms with E-state index in [-0.39, 0.29) is 18.2 Å². The predicted octanol–water partition coefficient (Wildman–Crippen LogP) is 1.27. The zero-order valence-corrected chi connectivity index (χ0v) is 9.84. The number of carbonyl (C=O) groups excluding carboxylic acids is 1. The molecular formula is C11H15ClN2O2. The van der Waals surface area contributed by atoms with Gasteiger partial charge in [-0.2, -0.15) is 0 Å². The van der Waals surface area contributed by atoms with Gasteiger partial charge in [0.25, 0.3) is 0 Å². The monoisotopic (exact) mass is 242 g/mol. The van der Waals surface area contributed by atoms with Crippen molar-refractivity contribution in [3.05, 3.63) is 28.8 Å². The number of phenols is 1. The summed E-state index contributed by atoms with van der Waals surface area (Å²) in [7, 11) is 0. The van der Waals surface area contributed by atoms with Gasteiger partial charge in [-0.25, -0.2) is 0 Å². The number of carbonyl (C=O) groups is 1. The van der Waals surface area contributed by atoms with Crippen molar-refractivity contribution >= 4 is 17.5 Å². The van der Waals surface area contributed by atoms with Crippen molar-refractivity contribution in [3.63, 3.8) is 0 Å². The summed E-state index contributed by atoms with van der Waals surface area (Å²) in [4.78, 5) is 11.1. The second-order valence-electron chi connectivity index (χ2n) is 3.33. The average molecular weight is 243 g/mol. The van der Waals surface area contributed by atoms with E-state index in [9.17, 15) is 9.90 Å². The molecule has 0 bridgehead atoms. The highest BCUT2D eigenvalue weighted by Crippen LogP contribution is 2.20. The summed E-state index contributed by atoms with van der Waals surface area (Å²) in [6.07, 6.45) is 0. The number of halogens is 1. The van der Waals surface area contributed by atoms with Crippen LogP contribution in [0.15, 0.2) is 18.2 Å². The molecule has 0 spiro atoms. The van der Waals surface area contributed by atoms with Crippen LogP contribution in [0.1, 0.15) is 12.5 Å². The van der Waals surface area contributed by atoms with Crippen molar-refractivity contribution < 1.29 is 9.90 Å². The molecule has 1 aromatic carbocycles. The number of hydrogen-bond acceptors (Lipinski definition) is 3. The van der Waals surface area contributed by atoms with Crippen molar-refractivity contribution in [2.45, 2.75) is 13.5 Å². The second kappa shape index (κ2) is 6.35. The number of aromatic hydroxyl groups is 1. The number of hydrogen-bond donors (Lipinski definition) is 3. The number of likely N-dealkylation sites (N-methyl/N-ethyl adjacent to an activating group) is 1. The zero-order chi connectivity index (χ0) is 12.0. The maximum atomic E-state index is 11.1. The molecule has 0 saturated carbocycles. The largest absolute Gasteiger partial charge is 0.508 e. The first-order chi connectivity index (χ1) is 7.63. The van der Waals surface area contributed by atoms with Gasteiger partial charge < -0.3 is 15.7 Å². The van der Waals surface area contributed by atoms with Crippen LogP contribution in [0.4, 0.5) is 0 Å². The van der Waals surface area contributed by atoms with Crippen LogP contribution >= 0.6 is 11.6 Å². The first-order valence-corrected chi connectivity index (χ1v) is 5.46. The molecule has 0 saturated heterocycles. The fourth-order valence-corrected chi connectivity index (χ4v) is 1.46. The van der Waals surface area contributed by atoms with Gasteiger partial charge in [-0.15, -0.1) is 0 Å². The number of benzene rings is 1. The van der Waals surface area contributed by atoms with E-state index >= 15 is 0 Å². The van der Waals surface area contributed by atoms with Crippen LogP contribution in [-0.2, 0) is 11.3 Å². The SMILES string of the molecule is CCNC(=O)CNCc1cc(Cl)ccc1O. The van der Waals surface area contributed by atoms with Crippen molar-refractivity contribution in [2.24, 2.45) is 0 Å². The summed E-state index contributed by atoms with van der Waals surface area (Å²) in [5.74, 6) is 0.108. The van der Waals surface area contributed by atoms with E-state index in [2.05, 4.69) is 10.6 Å². The third-order valence-electron chi connectivity index (χ3n) is 2.02. The Morgan fingerprint density at radius 1 is 1.50 bits per heavy atom. The molecule has 0 aliphatic rings. The molecule has 0 atom stereocenters. The Labute approximate surface area is 99.6 Å². The van der Waals surface area contributed by atoms with Gasteiger partial charge in [0.15, 0.2) is 0 Å². The second-order valence-corrected chi connectivity index (χ2v) is 3.77. The summed E-state index contributed by atoms with van der Waals surface area (Å²) < 4.78 is 0. The van der Waals surface area contributed by atoms with E-state index in [1.807, 2.05) is 6.92 Å². The Morgan fingerprint density at radius 3 is 2.94 bits per heavy atom. The molecule has 0 heterocycles. The van der Waals surface area contributed by atoms with Gasteiger partial charge in [0.1, 0.15) is 5.75 Å². The fraction of sp³-hybridized carbons (Fsp3) is 0.364. The standard InChI is InChI=1S/C11H15ClN2O2/c1-2-14-11(16)7-13-6-8-5-9(12)3-4-10(8)15/h3-5,13,15H,2,6-7H2,1H3,(H,14,16). The highest BCUT2D eigenvalue weighted by Gasteiger charge is 2.03. The number of amides is 1. The topological polar surface area (TPSA) is 61.4 Å². The van der Waals surface area contributed by atoms with E-state index in [4.69, 9.17) is 11.6 Å². The summed E-state index contributed by atoms with van der Waals surface area (Å²) in [6, 6.07) is 4.82. The summed E-state index contributed by atoms with van der Waals surface area (Å²) in [5, 5.41) is 15.7. The maximum absolute atomic E-state index is 11.1. The van der Waals surface area contributed by atoms with Crippen LogP contribution in [0.25, 0.3) is 0 Å². The minimum atomic E-state index is -0.0657. The number of phenolic OH excluding ortho intramolecular Hbond substituents is 1. The lowest BCUT2D eigenvalue weighted by atomic mass is 10.2. The van der Waals surface area contributed by atoms with Crippen LogP contribution in [0, 0.1) is 0 Å². The molecule has 1 amide bonds. The van der Waals surface area contributed by atoms with Crippen LogP contribution < -0.4 is 10.6 Å². The van der Waals surface area contributed by atoms with E-state index in [1.54, 1.807) is 12.1 Å². The van der Waals surface area contributed by atoms with Gasteiger partial charge in [0.2, 0.25) is 5.91 Å². The predicted molar refractivity (Wildman–Crippen MR) is 63.5 cm³/mol. The number of rotatable bonds is 5. The molecule has 0 aliphatic carbocycles. The quantitative estimate of drug-likeness (QED) is 0.729. The molecule has 0 aliphatic heterocycles. The minimum absolute atomic E-state index is 0.0657. The molecule has 88 valence electrons. The number of nitrogens with one attached hydrogen (secondary N) is 2. The summed E-state index contributed by atoms with van der Waals surface area (Å²) in [5.41, 5.74) is 0.678. The average Bonchev–Trinajstić information content (AvgIpc) is 2.23. The molecule has 3 N–H and O–H groups in total. The van der Waals surface area contributed by atoms with E-state index in [1.165, 1.54) is 6.07 Å². The van der Waals surface area contributed by atoms with Crippen molar-refractivity contribution in [3.8, 4) is 5.75 Å². The molecule has 0 fully saturated rings. The highest BCUT2D eigenvalue weighted by atomic mass is 35.5. The van der Waals surface area contributed by atoms with E-state index < -0.39 is 0 Å². The van der Waals surface area contributed by atoms with Crippen LogP contribution in [-0.4, -0.2) is 24.1 Å². The first kappa shape index (κ1) is 12.8. The highest BCUT2D eigenvalue weighted by molar-refractivity contribution is 6.30. The van der Waals surface area contributed by atoms with Gasteiger partial charge in [-0.05, 0) is 25.1 Å². The minimum Gasteiger partial charge on any atom is -0.508 e. The maximum Gasteiger partial charge on any atom is 0.233 e. The van der Waals surface area contributed by atoms with Crippen molar-refractivity contribution in [2.75, 3.05) is 13.1 Å². The smallest absolute Gasteiger partial charge is 0.233 e. The van der Waals surface area contributed by atoms with Gasteiger partial charge in [-0.1, -0.05) is 11.6 Å². The lowest BCUT2D eigenvalue weighted by molar-refractivity contribution is -0.120. The lowest BCUT2D eigenvalue weighted by Gasteiger charge is -2.07. The van der Waals surface area contributed by atoms with Gasteiger partial charge in [0.05, 0.1) is 6.54 Å². The van der Waals surface area contributed by atoms with Gasteiger partial charge in [0, 0.05) is 23.7 Å². The summed E-state index contributed by atoms with van der Waals surface area (Å²) >= 11 is 5.79. The summed E-state index contributed by atoms with van der Waals surface area (Å²) in [6.45, 7) is 3.10. The van der Waals surface area contributed by atoms with Crippen molar-refractivity contribution in [1.82, 2.24) is 10.6 Å². The molecular weight excluding hydrogens is 228 g/mol. The Balaban J connectivity index is 2.42. The van der Waals surface area contributed by atoms with Gasteiger partial charge in [-0.3, -0.25) is 4.79 Å². The molecule has 16 heavy (non-hydrogen) atoms. The zero-order valence-electron chi connectivity index (χ0n) is 9.09. The van der Waals surface area contributed by atoms with Crippen LogP contribution in [0.3, 0.4) is 0 Å². The molecule has 0 radical (unpaired) electrons. The van der Waals surface area contributed by atoms with Crippen LogP contribution in [0.2, 0.25) is 5.02 Å². The fourth-order valence-electron chi connectivity index (χ4n) is 1.27. The van der Waals surface area contributed by atoms with E-state index in [0.717, 1.165) is 0 Å². The molecule has 5 heteroatoms. The lowest BCUT2D eigenvalue weighted by Crippen LogP contribution is -2.33. The Morgan fingerprint density at radius 2 is 2.25 bits per heavy atom. The van der Waals surface area contributed by atoms with Crippen molar-refractivity contribution in [1.29, 1.82) is 0 Å². The third-order valence-corrected chi connectivity index (χ3v) is 2.25. The Bertz CT molecular complexity index is 369. The molecule has 1 rings (SSSR count). The van der Waals surface area contributed by atoms with Gasteiger partial charge >= 0.3 is 0 Å². The Hall–Kier alpha value is -1.26. The molecule has 0 aromatic heterocycles. The normalized spacial score (nSPS) is 10.1. The van der Waals surface area contributed by atoms with Crippen LogP contribution in [0.5, 0.6) is 5.75 Å². The third kappa shape index (κ3) is 4.08.